The van der Waals surface area contributed by atoms with Crippen LogP contribution in [0.25, 0.3) is 0 Å². The van der Waals surface area contributed by atoms with Crippen molar-refractivity contribution < 1.29 is 9.47 Å². The fourth-order valence-electron chi connectivity index (χ4n) is 2.32. The van der Waals surface area contributed by atoms with Crippen LogP contribution in [0.4, 0.5) is 0 Å². The molecule has 2 heterocycles. The van der Waals surface area contributed by atoms with Crippen molar-refractivity contribution in [3.8, 4) is 5.88 Å². The predicted molar refractivity (Wildman–Crippen MR) is 74.5 cm³/mol. The molecular formula is C14H25N3O2. The van der Waals surface area contributed by atoms with E-state index in [1.807, 2.05) is 20.0 Å². The number of aryl methyl sites for hydroxylation is 2. The van der Waals surface area contributed by atoms with E-state index >= 15 is 0 Å². The SMILES string of the molecule is Cc1cc(OCC2CCC(CNC(C)C)O2)n(C)n1. The van der Waals surface area contributed by atoms with Gasteiger partial charge in [0, 0.05) is 25.7 Å². The average molecular weight is 267 g/mol. The standard InChI is InChI=1S/C14H25N3O2/c1-10(2)15-8-12-5-6-13(19-12)9-18-14-7-11(3)16-17(14)4/h7,10,12-13,15H,5-6,8-9H2,1-4H3. The first-order valence-corrected chi connectivity index (χ1v) is 7.07. The summed E-state index contributed by atoms with van der Waals surface area (Å²) in [7, 11) is 1.90. The van der Waals surface area contributed by atoms with Crippen molar-refractivity contribution in [2.75, 3.05) is 13.2 Å². The minimum atomic E-state index is 0.203. The Bertz CT molecular complexity index is 403. The fourth-order valence-corrected chi connectivity index (χ4v) is 2.32. The van der Waals surface area contributed by atoms with E-state index < -0.39 is 0 Å². The van der Waals surface area contributed by atoms with E-state index in [4.69, 9.17) is 9.47 Å². The van der Waals surface area contributed by atoms with Crippen LogP contribution in [0, 0.1) is 6.92 Å². The minimum Gasteiger partial charge on any atom is -0.475 e. The lowest BCUT2D eigenvalue weighted by molar-refractivity contribution is 0.0161. The van der Waals surface area contributed by atoms with Crippen molar-refractivity contribution >= 4 is 0 Å². The first-order chi connectivity index (χ1) is 9.04. The number of aromatic nitrogens is 2. The predicted octanol–water partition coefficient (Wildman–Crippen LogP) is 1.65. The second-order valence-corrected chi connectivity index (χ2v) is 5.58. The summed E-state index contributed by atoms with van der Waals surface area (Å²) in [5, 5.41) is 7.68. The quantitative estimate of drug-likeness (QED) is 0.851. The van der Waals surface area contributed by atoms with Crippen LogP contribution in [-0.2, 0) is 11.8 Å². The number of rotatable bonds is 6. The maximum Gasteiger partial charge on any atom is 0.211 e. The molecule has 0 aliphatic carbocycles. The van der Waals surface area contributed by atoms with Gasteiger partial charge >= 0.3 is 0 Å². The molecule has 5 heteroatoms. The summed E-state index contributed by atoms with van der Waals surface area (Å²) >= 11 is 0. The van der Waals surface area contributed by atoms with E-state index in [0.717, 1.165) is 31.0 Å². The van der Waals surface area contributed by atoms with Gasteiger partial charge in [-0.3, -0.25) is 0 Å². The molecule has 2 atom stereocenters. The lowest BCUT2D eigenvalue weighted by atomic mass is 10.2. The summed E-state index contributed by atoms with van der Waals surface area (Å²) < 4.78 is 13.5. The summed E-state index contributed by atoms with van der Waals surface area (Å²) in [5.41, 5.74) is 0.976. The minimum absolute atomic E-state index is 0.203. The van der Waals surface area contributed by atoms with Gasteiger partial charge < -0.3 is 14.8 Å². The molecule has 1 aromatic heterocycles. The van der Waals surface area contributed by atoms with E-state index in [9.17, 15) is 0 Å². The van der Waals surface area contributed by atoms with E-state index in [0.29, 0.717) is 18.8 Å². The Balaban J connectivity index is 1.72. The summed E-state index contributed by atoms with van der Waals surface area (Å²) in [6.45, 7) is 7.81. The number of nitrogens with zero attached hydrogens (tertiary/aromatic N) is 2. The van der Waals surface area contributed by atoms with Gasteiger partial charge in [-0.05, 0) is 19.8 Å². The summed E-state index contributed by atoms with van der Waals surface area (Å²) in [5.74, 6) is 0.810. The zero-order valence-corrected chi connectivity index (χ0v) is 12.3. The summed E-state index contributed by atoms with van der Waals surface area (Å²) in [6.07, 6.45) is 2.71. The highest BCUT2D eigenvalue weighted by atomic mass is 16.5. The van der Waals surface area contributed by atoms with Crippen LogP contribution in [-0.4, -0.2) is 41.2 Å². The van der Waals surface area contributed by atoms with Gasteiger partial charge in [-0.15, -0.1) is 0 Å². The molecule has 1 aliphatic rings. The van der Waals surface area contributed by atoms with Crippen molar-refractivity contribution in [3.63, 3.8) is 0 Å². The van der Waals surface area contributed by atoms with Crippen LogP contribution in [0.3, 0.4) is 0 Å². The molecule has 1 fully saturated rings. The zero-order chi connectivity index (χ0) is 13.8. The van der Waals surface area contributed by atoms with Crippen molar-refractivity contribution in [3.05, 3.63) is 11.8 Å². The van der Waals surface area contributed by atoms with Gasteiger partial charge in [-0.25, -0.2) is 4.68 Å². The van der Waals surface area contributed by atoms with Gasteiger partial charge in [0.2, 0.25) is 5.88 Å². The van der Waals surface area contributed by atoms with E-state index in [2.05, 4.69) is 24.3 Å². The molecule has 108 valence electrons. The van der Waals surface area contributed by atoms with Crippen LogP contribution < -0.4 is 10.1 Å². The topological polar surface area (TPSA) is 48.3 Å². The van der Waals surface area contributed by atoms with Gasteiger partial charge in [-0.1, -0.05) is 13.8 Å². The monoisotopic (exact) mass is 267 g/mol. The Labute approximate surface area is 115 Å². The maximum atomic E-state index is 5.96. The highest BCUT2D eigenvalue weighted by Gasteiger charge is 2.25. The average Bonchev–Trinajstić information content (AvgIpc) is 2.91. The molecule has 1 aromatic rings. The molecule has 5 nitrogen and oxygen atoms in total. The summed E-state index contributed by atoms with van der Waals surface area (Å²) in [6, 6.07) is 2.46. The second-order valence-electron chi connectivity index (χ2n) is 5.58. The van der Waals surface area contributed by atoms with Crippen LogP contribution >= 0.6 is 0 Å². The van der Waals surface area contributed by atoms with Gasteiger partial charge in [0.15, 0.2) is 0 Å². The third-order valence-corrected chi connectivity index (χ3v) is 3.33. The Morgan fingerprint density at radius 2 is 2.21 bits per heavy atom. The van der Waals surface area contributed by atoms with Gasteiger partial charge in [0.1, 0.15) is 6.61 Å². The van der Waals surface area contributed by atoms with Crippen LogP contribution in [0.15, 0.2) is 6.07 Å². The summed E-state index contributed by atoms with van der Waals surface area (Å²) in [4.78, 5) is 0. The molecule has 0 saturated carbocycles. The van der Waals surface area contributed by atoms with E-state index in [1.54, 1.807) is 4.68 Å². The van der Waals surface area contributed by atoms with Crippen LogP contribution in [0.2, 0.25) is 0 Å². The fraction of sp³-hybridized carbons (Fsp3) is 0.786. The largest absolute Gasteiger partial charge is 0.475 e. The van der Waals surface area contributed by atoms with Crippen molar-refractivity contribution in [2.24, 2.45) is 7.05 Å². The molecule has 0 amide bonds. The van der Waals surface area contributed by atoms with Crippen molar-refractivity contribution in [1.29, 1.82) is 0 Å². The third kappa shape index (κ3) is 4.21. The molecule has 0 aromatic carbocycles. The molecule has 1 N–H and O–H groups in total. The molecule has 19 heavy (non-hydrogen) atoms. The van der Waals surface area contributed by atoms with Gasteiger partial charge in [0.05, 0.1) is 17.9 Å². The maximum absolute atomic E-state index is 5.96. The first-order valence-electron chi connectivity index (χ1n) is 7.07. The van der Waals surface area contributed by atoms with Crippen molar-refractivity contribution in [1.82, 2.24) is 15.1 Å². The first kappa shape index (κ1) is 14.3. The second kappa shape index (κ2) is 6.39. The van der Waals surface area contributed by atoms with Crippen molar-refractivity contribution in [2.45, 2.75) is 51.9 Å². The van der Waals surface area contributed by atoms with E-state index in [1.165, 1.54) is 0 Å². The Morgan fingerprint density at radius 1 is 1.47 bits per heavy atom. The van der Waals surface area contributed by atoms with E-state index in [-0.39, 0.29) is 6.10 Å². The zero-order valence-electron chi connectivity index (χ0n) is 12.3. The lowest BCUT2D eigenvalue weighted by Crippen LogP contribution is -2.32. The molecule has 2 rings (SSSR count). The number of ether oxygens (including phenoxy) is 2. The molecule has 1 aliphatic heterocycles. The van der Waals surface area contributed by atoms with Gasteiger partial charge in [0.25, 0.3) is 0 Å². The molecular weight excluding hydrogens is 242 g/mol. The Morgan fingerprint density at radius 3 is 2.84 bits per heavy atom. The Kier molecular flexibility index (Phi) is 4.82. The lowest BCUT2D eigenvalue weighted by Gasteiger charge is -2.16. The van der Waals surface area contributed by atoms with Crippen LogP contribution in [0.1, 0.15) is 32.4 Å². The van der Waals surface area contributed by atoms with Crippen LogP contribution in [0.5, 0.6) is 5.88 Å². The highest BCUT2D eigenvalue weighted by Crippen LogP contribution is 2.21. The normalized spacial score (nSPS) is 23.2. The molecule has 2 unspecified atom stereocenters. The molecule has 1 saturated heterocycles. The Hall–Kier alpha value is -1.07. The highest BCUT2D eigenvalue weighted by molar-refractivity contribution is 5.14. The number of nitrogens with one attached hydrogen (secondary N) is 1. The smallest absolute Gasteiger partial charge is 0.211 e. The molecule has 0 spiro atoms. The third-order valence-electron chi connectivity index (χ3n) is 3.33. The molecule has 0 radical (unpaired) electrons. The molecule has 0 bridgehead atoms. The number of hydrogen-bond acceptors (Lipinski definition) is 4. The number of hydrogen-bond donors (Lipinski definition) is 1. The van der Waals surface area contributed by atoms with Gasteiger partial charge in [-0.2, -0.15) is 5.10 Å².